The molecule has 0 bridgehead atoms. The summed E-state index contributed by atoms with van der Waals surface area (Å²) in [6, 6.07) is 0. The minimum absolute atomic E-state index is 1.31. The fourth-order valence-corrected chi connectivity index (χ4v) is 0.318. The van der Waals surface area contributed by atoms with E-state index in [1.54, 1.807) is 0 Å². The summed E-state index contributed by atoms with van der Waals surface area (Å²) >= 11 is 0. The summed E-state index contributed by atoms with van der Waals surface area (Å²) < 4.78 is 4.36. The van der Waals surface area contributed by atoms with Gasteiger partial charge in [-0.15, -0.1) is 0 Å². The topological polar surface area (TPSA) is 9.23 Å². The molecule has 0 atom stereocenters. The van der Waals surface area contributed by atoms with Crippen LogP contribution in [0.1, 0.15) is 25.7 Å². The monoisotopic (exact) mass is 126 g/mol. The zero-order valence-corrected chi connectivity index (χ0v) is 5.81. The highest BCUT2D eigenvalue weighted by molar-refractivity contribution is 4.57. The standard InChI is InChI=1S/C4H6O.C4H8/c1-3-5-4-2;1-2-4-3-1/h3-4H,1-2H2;1-4H2. The summed E-state index contributed by atoms with van der Waals surface area (Å²) in [6.45, 7) is 6.51. The summed E-state index contributed by atoms with van der Waals surface area (Å²) in [5.41, 5.74) is 0. The first kappa shape index (κ1) is 8.28. The molecule has 1 aliphatic rings. The largest absolute Gasteiger partial charge is 0.474 e. The molecule has 1 fully saturated rings. The maximum Gasteiger partial charge on any atom is 0.0829 e. The molecule has 0 aromatic heterocycles. The van der Waals surface area contributed by atoms with Crippen LogP contribution >= 0.6 is 0 Å². The Balaban J connectivity index is 0.000000144. The van der Waals surface area contributed by atoms with Gasteiger partial charge in [0.15, 0.2) is 0 Å². The van der Waals surface area contributed by atoms with Crippen LogP contribution in [0.2, 0.25) is 0 Å². The highest BCUT2D eigenvalue weighted by atomic mass is 16.5. The maximum absolute atomic E-state index is 4.36. The highest BCUT2D eigenvalue weighted by Crippen LogP contribution is 2.15. The van der Waals surface area contributed by atoms with E-state index >= 15 is 0 Å². The molecule has 0 N–H and O–H groups in total. The Hall–Kier alpha value is -0.720. The average molecular weight is 126 g/mol. The SMILES string of the molecule is C1CCC1.C=COC=C. The third-order valence-corrected chi connectivity index (χ3v) is 1.19. The molecule has 1 nitrogen and oxygen atoms in total. The van der Waals surface area contributed by atoms with E-state index in [-0.39, 0.29) is 0 Å². The lowest BCUT2D eigenvalue weighted by molar-refractivity contribution is 0.406. The lowest BCUT2D eigenvalue weighted by Crippen LogP contribution is -1.85. The van der Waals surface area contributed by atoms with Gasteiger partial charge in [0.1, 0.15) is 0 Å². The van der Waals surface area contributed by atoms with Crippen molar-refractivity contribution in [1.29, 1.82) is 0 Å². The van der Waals surface area contributed by atoms with Gasteiger partial charge in [0.25, 0.3) is 0 Å². The van der Waals surface area contributed by atoms with Crippen molar-refractivity contribution in [2.45, 2.75) is 25.7 Å². The molecule has 9 heavy (non-hydrogen) atoms. The maximum atomic E-state index is 4.36. The molecule has 0 unspecified atom stereocenters. The zero-order valence-electron chi connectivity index (χ0n) is 5.81. The van der Waals surface area contributed by atoms with E-state index < -0.39 is 0 Å². The number of ether oxygens (including phenoxy) is 1. The molecule has 1 heteroatoms. The lowest BCUT2D eigenvalue weighted by atomic mass is 10.0. The van der Waals surface area contributed by atoms with Gasteiger partial charge in [-0.05, 0) is 0 Å². The van der Waals surface area contributed by atoms with Crippen molar-refractivity contribution in [3.8, 4) is 0 Å². The van der Waals surface area contributed by atoms with E-state index in [1.165, 1.54) is 38.2 Å². The first-order valence-corrected chi connectivity index (χ1v) is 3.29. The Morgan fingerprint density at radius 1 is 0.889 bits per heavy atom. The summed E-state index contributed by atoms with van der Waals surface area (Å²) in [4.78, 5) is 0. The molecule has 0 amide bonds. The predicted octanol–water partition coefficient (Wildman–Crippen LogP) is 2.85. The Kier molecular flexibility index (Phi) is 6.70. The van der Waals surface area contributed by atoms with E-state index in [0.717, 1.165) is 0 Å². The molecule has 1 saturated carbocycles. The van der Waals surface area contributed by atoms with E-state index in [1.807, 2.05) is 0 Å². The van der Waals surface area contributed by atoms with Crippen molar-refractivity contribution in [1.82, 2.24) is 0 Å². The third kappa shape index (κ3) is 7.28. The summed E-state index contributed by atoms with van der Waals surface area (Å²) in [7, 11) is 0. The van der Waals surface area contributed by atoms with Gasteiger partial charge in [-0.25, -0.2) is 0 Å². The summed E-state index contributed by atoms with van der Waals surface area (Å²) in [5, 5.41) is 0. The van der Waals surface area contributed by atoms with Crippen molar-refractivity contribution < 1.29 is 4.74 Å². The molecular formula is C8H14O. The van der Waals surface area contributed by atoms with Crippen molar-refractivity contribution in [2.75, 3.05) is 0 Å². The van der Waals surface area contributed by atoms with Gasteiger partial charge < -0.3 is 4.74 Å². The molecule has 1 rings (SSSR count). The van der Waals surface area contributed by atoms with Crippen molar-refractivity contribution in [2.24, 2.45) is 0 Å². The van der Waals surface area contributed by atoms with E-state index in [2.05, 4.69) is 17.9 Å². The van der Waals surface area contributed by atoms with E-state index in [9.17, 15) is 0 Å². The molecule has 0 spiro atoms. The smallest absolute Gasteiger partial charge is 0.0829 e. The van der Waals surface area contributed by atoms with Crippen LogP contribution < -0.4 is 0 Å². The Bertz CT molecular complexity index is 62.6. The first-order valence-electron chi connectivity index (χ1n) is 3.29. The molecule has 52 valence electrons. The van der Waals surface area contributed by atoms with Gasteiger partial charge in [-0.1, -0.05) is 38.8 Å². The second-order valence-electron chi connectivity index (χ2n) is 1.88. The van der Waals surface area contributed by atoms with Gasteiger partial charge >= 0.3 is 0 Å². The van der Waals surface area contributed by atoms with Crippen LogP contribution in [0.15, 0.2) is 25.7 Å². The van der Waals surface area contributed by atoms with Gasteiger partial charge in [0.2, 0.25) is 0 Å². The molecular weight excluding hydrogens is 112 g/mol. The second kappa shape index (κ2) is 7.28. The number of rotatable bonds is 2. The number of hydrogen-bond acceptors (Lipinski definition) is 1. The minimum atomic E-state index is 1.31. The van der Waals surface area contributed by atoms with Gasteiger partial charge in [-0.3, -0.25) is 0 Å². The van der Waals surface area contributed by atoms with E-state index in [4.69, 9.17) is 0 Å². The van der Waals surface area contributed by atoms with Crippen molar-refractivity contribution in [3.05, 3.63) is 25.7 Å². The Labute approximate surface area is 57.0 Å². The summed E-state index contributed by atoms with van der Waals surface area (Å²) in [6.07, 6.45) is 8.62. The van der Waals surface area contributed by atoms with Crippen LogP contribution in [0.4, 0.5) is 0 Å². The molecule has 0 aromatic carbocycles. The van der Waals surface area contributed by atoms with Crippen LogP contribution in [0.25, 0.3) is 0 Å². The number of hydrogen-bond donors (Lipinski definition) is 0. The fourth-order valence-electron chi connectivity index (χ4n) is 0.318. The molecule has 0 aliphatic heterocycles. The van der Waals surface area contributed by atoms with Gasteiger partial charge in [-0.2, -0.15) is 0 Å². The van der Waals surface area contributed by atoms with Crippen LogP contribution in [-0.2, 0) is 4.74 Å². The molecule has 0 radical (unpaired) electrons. The molecule has 0 saturated heterocycles. The van der Waals surface area contributed by atoms with Crippen molar-refractivity contribution >= 4 is 0 Å². The molecule has 0 aromatic rings. The minimum Gasteiger partial charge on any atom is -0.474 e. The van der Waals surface area contributed by atoms with Crippen molar-refractivity contribution in [3.63, 3.8) is 0 Å². The first-order chi connectivity index (χ1) is 4.41. The Morgan fingerprint density at radius 2 is 1.22 bits per heavy atom. The molecule has 0 heterocycles. The molecule has 1 aliphatic carbocycles. The summed E-state index contributed by atoms with van der Waals surface area (Å²) in [5.74, 6) is 0. The second-order valence-corrected chi connectivity index (χ2v) is 1.88. The van der Waals surface area contributed by atoms with Gasteiger partial charge in [0.05, 0.1) is 12.5 Å². The van der Waals surface area contributed by atoms with E-state index in [0.29, 0.717) is 0 Å². The third-order valence-electron chi connectivity index (χ3n) is 1.19. The lowest BCUT2D eigenvalue weighted by Gasteiger charge is -2.05. The van der Waals surface area contributed by atoms with Gasteiger partial charge in [0, 0.05) is 0 Å². The van der Waals surface area contributed by atoms with Crippen LogP contribution in [0.5, 0.6) is 0 Å². The normalized spacial score (nSPS) is 13.8. The zero-order chi connectivity index (χ0) is 6.95. The van der Waals surface area contributed by atoms with Crippen LogP contribution in [0, 0.1) is 0 Å². The Morgan fingerprint density at radius 3 is 1.22 bits per heavy atom. The predicted molar refractivity (Wildman–Crippen MR) is 39.9 cm³/mol. The fraction of sp³-hybridized carbons (Fsp3) is 0.500. The quantitative estimate of drug-likeness (QED) is 0.517. The van der Waals surface area contributed by atoms with Crippen LogP contribution in [0.3, 0.4) is 0 Å². The van der Waals surface area contributed by atoms with Crippen LogP contribution in [-0.4, -0.2) is 0 Å². The average Bonchev–Trinajstić information content (AvgIpc) is 1.63. The highest BCUT2D eigenvalue weighted by Gasteiger charge is 1.95.